The first-order valence-electron chi connectivity index (χ1n) is 7.94. The van der Waals surface area contributed by atoms with E-state index in [0.29, 0.717) is 24.6 Å². The molecule has 24 heavy (non-hydrogen) atoms. The van der Waals surface area contributed by atoms with Crippen LogP contribution in [0.3, 0.4) is 0 Å². The maximum Gasteiger partial charge on any atom is 0.251 e. The fraction of sp³-hybridized carbons (Fsp3) is 0.278. The number of nitrogens with two attached hydrogens (primary N) is 1. The molecule has 0 saturated heterocycles. The lowest BCUT2D eigenvalue weighted by Gasteiger charge is -2.07. The molecule has 0 bridgehead atoms. The van der Waals surface area contributed by atoms with Crippen molar-refractivity contribution in [2.45, 2.75) is 12.8 Å². The lowest BCUT2D eigenvalue weighted by atomic mass is 10.1. The van der Waals surface area contributed by atoms with Gasteiger partial charge < -0.3 is 16.4 Å². The maximum atomic E-state index is 11.6. The molecular weight excluding hydrogens is 302 g/mol. The van der Waals surface area contributed by atoms with Crippen molar-refractivity contribution in [1.29, 1.82) is 0 Å². The summed E-state index contributed by atoms with van der Waals surface area (Å²) in [5, 5.41) is 5.71. The standard InChI is InChI=1S/C18H23N5O/c1-20-17(24)15-6-4-5-14(13-15)8-11-22-18(19)23-12-9-16-7-2-3-10-21-16/h2-7,10,13H,8-9,11-12H2,1H3,(H,20,24)(H3,19,22,23). The third-order valence-electron chi connectivity index (χ3n) is 3.51. The molecule has 0 spiro atoms. The van der Waals surface area contributed by atoms with Crippen LogP contribution in [0.2, 0.25) is 0 Å². The van der Waals surface area contributed by atoms with Gasteiger partial charge in [0.25, 0.3) is 5.91 Å². The highest BCUT2D eigenvalue weighted by atomic mass is 16.1. The number of nitrogens with one attached hydrogen (secondary N) is 2. The van der Waals surface area contributed by atoms with Gasteiger partial charge in [0, 0.05) is 44.0 Å². The summed E-state index contributed by atoms with van der Waals surface area (Å²) in [5.41, 5.74) is 8.59. The predicted octanol–water partition coefficient (Wildman–Crippen LogP) is 1.13. The number of carbonyl (C=O) groups excluding carboxylic acids is 1. The van der Waals surface area contributed by atoms with E-state index in [2.05, 4.69) is 20.6 Å². The highest BCUT2D eigenvalue weighted by Gasteiger charge is 2.03. The number of nitrogens with zero attached hydrogens (tertiary/aromatic N) is 2. The molecule has 0 unspecified atom stereocenters. The van der Waals surface area contributed by atoms with Gasteiger partial charge in [0.1, 0.15) is 0 Å². The zero-order valence-corrected chi connectivity index (χ0v) is 13.8. The number of pyridine rings is 1. The highest BCUT2D eigenvalue weighted by Crippen LogP contribution is 2.05. The van der Waals surface area contributed by atoms with Crippen LogP contribution in [0.25, 0.3) is 0 Å². The van der Waals surface area contributed by atoms with Crippen molar-refractivity contribution in [3.63, 3.8) is 0 Å². The highest BCUT2D eigenvalue weighted by molar-refractivity contribution is 5.94. The number of aromatic nitrogens is 1. The first-order chi connectivity index (χ1) is 11.7. The second kappa shape index (κ2) is 9.29. The van der Waals surface area contributed by atoms with E-state index in [9.17, 15) is 4.79 Å². The number of rotatable bonds is 7. The molecule has 0 aliphatic carbocycles. The Hall–Kier alpha value is -2.89. The summed E-state index contributed by atoms with van der Waals surface area (Å²) in [6.07, 6.45) is 3.30. The Morgan fingerprint density at radius 2 is 2.08 bits per heavy atom. The minimum absolute atomic E-state index is 0.0830. The van der Waals surface area contributed by atoms with Crippen molar-refractivity contribution < 1.29 is 4.79 Å². The largest absolute Gasteiger partial charge is 0.370 e. The fourth-order valence-corrected chi connectivity index (χ4v) is 2.24. The Balaban J connectivity index is 1.75. The van der Waals surface area contributed by atoms with Crippen LogP contribution in [0.4, 0.5) is 0 Å². The second-order valence-corrected chi connectivity index (χ2v) is 5.29. The number of amides is 1. The molecule has 6 heteroatoms. The lowest BCUT2D eigenvalue weighted by Crippen LogP contribution is -2.33. The third kappa shape index (κ3) is 5.72. The molecule has 0 fully saturated rings. The molecule has 1 aromatic carbocycles. The SMILES string of the molecule is CNC(=O)c1cccc(CCNC(N)=NCCc2ccccn2)c1. The molecule has 2 rings (SSSR count). The van der Waals surface area contributed by atoms with Gasteiger partial charge in [-0.3, -0.25) is 14.8 Å². The Labute approximate surface area is 142 Å². The van der Waals surface area contributed by atoms with E-state index in [1.165, 1.54) is 0 Å². The first kappa shape index (κ1) is 17.5. The Kier molecular flexibility index (Phi) is 6.76. The molecule has 1 aromatic heterocycles. The van der Waals surface area contributed by atoms with Crippen molar-refractivity contribution in [2.24, 2.45) is 10.7 Å². The molecule has 6 nitrogen and oxygen atoms in total. The molecule has 0 radical (unpaired) electrons. The van der Waals surface area contributed by atoms with E-state index in [-0.39, 0.29) is 5.91 Å². The van der Waals surface area contributed by atoms with Crippen LogP contribution in [-0.4, -0.2) is 37.0 Å². The van der Waals surface area contributed by atoms with Crippen molar-refractivity contribution in [1.82, 2.24) is 15.6 Å². The number of hydrogen-bond donors (Lipinski definition) is 3. The topological polar surface area (TPSA) is 92.4 Å². The zero-order chi connectivity index (χ0) is 17.2. The van der Waals surface area contributed by atoms with Gasteiger partial charge in [-0.2, -0.15) is 0 Å². The van der Waals surface area contributed by atoms with Crippen LogP contribution in [0.15, 0.2) is 53.7 Å². The zero-order valence-electron chi connectivity index (χ0n) is 13.8. The summed E-state index contributed by atoms with van der Waals surface area (Å²) in [4.78, 5) is 20.1. The average Bonchev–Trinajstić information content (AvgIpc) is 2.62. The number of hydrogen-bond acceptors (Lipinski definition) is 3. The van der Waals surface area contributed by atoms with Crippen LogP contribution < -0.4 is 16.4 Å². The number of carbonyl (C=O) groups is 1. The quantitative estimate of drug-likeness (QED) is 0.525. The van der Waals surface area contributed by atoms with Gasteiger partial charge >= 0.3 is 0 Å². The number of guanidine groups is 1. The molecule has 0 aliphatic heterocycles. The second-order valence-electron chi connectivity index (χ2n) is 5.29. The van der Waals surface area contributed by atoms with Gasteiger partial charge in [0.15, 0.2) is 5.96 Å². The van der Waals surface area contributed by atoms with Gasteiger partial charge in [-0.25, -0.2) is 0 Å². The summed E-state index contributed by atoms with van der Waals surface area (Å²) in [6.45, 7) is 1.26. The molecule has 2 aromatic rings. The van der Waals surface area contributed by atoms with E-state index < -0.39 is 0 Å². The maximum absolute atomic E-state index is 11.6. The van der Waals surface area contributed by atoms with Crippen molar-refractivity contribution >= 4 is 11.9 Å². The van der Waals surface area contributed by atoms with Gasteiger partial charge in [0.05, 0.1) is 0 Å². The summed E-state index contributed by atoms with van der Waals surface area (Å²) in [5.74, 6) is 0.341. The van der Waals surface area contributed by atoms with Crippen molar-refractivity contribution in [3.05, 3.63) is 65.5 Å². The Morgan fingerprint density at radius 3 is 2.83 bits per heavy atom. The molecular formula is C18H23N5O. The van der Waals surface area contributed by atoms with E-state index in [1.54, 1.807) is 19.3 Å². The monoisotopic (exact) mass is 325 g/mol. The third-order valence-corrected chi connectivity index (χ3v) is 3.51. The van der Waals surface area contributed by atoms with Crippen LogP contribution in [0, 0.1) is 0 Å². The Morgan fingerprint density at radius 1 is 1.21 bits per heavy atom. The van der Waals surface area contributed by atoms with Crippen LogP contribution in [0.5, 0.6) is 0 Å². The summed E-state index contributed by atoms with van der Waals surface area (Å²) in [7, 11) is 1.62. The van der Waals surface area contributed by atoms with Crippen molar-refractivity contribution in [3.8, 4) is 0 Å². The summed E-state index contributed by atoms with van der Waals surface area (Å²) < 4.78 is 0. The lowest BCUT2D eigenvalue weighted by molar-refractivity contribution is 0.0963. The average molecular weight is 325 g/mol. The Bertz CT molecular complexity index is 685. The van der Waals surface area contributed by atoms with Crippen LogP contribution >= 0.6 is 0 Å². The number of aliphatic imine (C=N–C) groups is 1. The minimum atomic E-state index is -0.0830. The van der Waals surface area contributed by atoms with Gasteiger partial charge in [0.2, 0.25) is 0 Å². The van der Waals surface area contributed by atoms with Crippen LogP contribution in [0.1, 0.15) is 21.6 Å². The van der Waals surface area contributed by atoms with Gasteiger partial charge in [-0.05, 0) is 36.2 Å². The smallest absolute Gasteiger partial charge is 0.251 e. The molecule has 126 valence electrons. The first-order valence-corrected chi connectivity index (χ1v) is 7.94. The summed E-state index contributed by atoms with van der Waals surface area (Å²) >= 11 is 0. The fourth-order valence-electron chi connectivity index (χ4n) is 2.24. The molecule has 4 N–H and O–H groups in total. The molecule has 1 amide bonds. The predicted molar refractivity (Wildman–Crippen MR) is 96.0 cm³/mol. The normalized spacial score (nSPS) is 11.1. The van der Waals surface area contributed by atoms with E-state index in [4.69, 9.17) is 5.73 Å². The molecule has 1 heterocycles. The summed E-state index contributed by atoms with van der Waals surface area (Å²) in [6, 6.07) is 13.4. The van der Waals surface area contributed by atoms with E-state index >= 15 is 0 Å². The molecule has 0 saturated carbocycles. The van der Waals surface area contributed by atoms with E-state index in [1.807, 2.05) is 36.4 Å². The van der Waals surface area contributed by atoms with E-state index in [0.717, 1.165) is 24.1 Å². The minimum Gasteiger partial charge on any atom is -0.370 e. The molecule has 0 aliphatic rings. The molecule has 0 atom stereocenters. The number of benzene rings is 1. The van der Waals surface area contributed by atoms with Gasteiger partial charge in [-0.15, -0.1) is 0 Å². The van der Waals surface area contributed by atoms with Crippen molar-refractivity contribution in [2.75, 3.05) is 20.1 Å². The van der Waals surface area contributed by atoms with Crippen LogP contribution in [-0.2, 0) is 12.8 Å². The van der Waals surface area contributed by atoms with Gasteiger partial charge in [-0.1, -0.05) is 18.2 Å².